The van der Waals surface area contributed by atoms with Crippen molar-refractivity contribution in [3.63, 3.8) is 0 Å². The summed E-state index contributed by atoms with van der Waals surface area (Å²) in [6, 6.07) is 8.11. The lowest BCUT2D eigenvalue weighted by molar-refractivity contribution is -0.137. The van der Waals surface area contributed by atoms with Crippen LogP contribution >= 0.6 is 23.5 Å². The molecule has 160 valence electrons. The molecule has 0 radical (unpaired) electrons. The van der Waals surface area contributed by atoms with E-state index in [0.29, 0.717) is 38.4 Å². The average molecular weight is 478 g/mol. The minimum atomic E-state index is -4.25. The van der Waals surface area contributed by atoms with Gasteiger partial charge in [0.2, 0.25) is 0 Å². The van der Waals surface area contributed by atoms with Crippen molar-refractivity contribution in [3.8, 4) is 5.75 Å². The van der Waals surface area contributed by atoms with E-state index in [1.54, 1.807) is 25.1 Å². The van der Waals surface area contributed by atoms with Gasteiger partial charge in [-0.2, -0.15) is 8.42 Å². The Hall–Kier alpha value is -2.70. The van der Waals surface area contributed by atoms with Gasteiger partial charge in [0.05, 0.1) is 11.4 Å². The molecule has 0 saturated heterocycles. The molecule has 0 bridgehead atoms. The summed E-state index contributed by atoms with van der Waals surface area (Å²) in [6.45, 7) is 1.72. The van der Waals surface area contributed by atoms with Crippen molar-refractivity contribution in [1.29, 1.82) is 0 Å². The van der Waals surface area contributed by atoms with Crippen molar-refractivity contribution < 1.29 is 22.5 Å². The number of hydrogen-bond acceptors (Lipinski definition) is 10. The van der Waals surface area contributed by atoms with E-state index < -0.39 is 22.1 Å². The molecule has 2 aromatic carbocycles. The summed E-state index contributed by atoms with van der Waals surface area (Å²) in [7, 11) is -4.25. The molecule has 31 heavy (non-hydrogen) atoms. The number of aliphatic imine (C=N–C) groups is 2. The Labute approximate surface area is 186 Å². The van der Waals surface area contributed by atoms with Crippen LogP contribution in [0.1, 0.15) is 5.56 Å². The molecular weight excluding hydrogens is 462 g/mol. The summed E-state index contributed by atoms with van der Waals surface area (Å²) in [5.74, 6) is -0.0292. The summed E-state index contributed by atoms with van der Waals surface area (Å²) in [6.07, 6.45) is 0. The molecule has 2 heterocycles. The molecule has 1 atom stereocenters. The second-order valence-electron chi connectivity index (χ2n) is 6.68. The first-order chi connectivity index (χ1) is 14.8. The van der Waals surface area contributed by atoms with Crippen LogP contribution < -0.4 is 4.18 Å². The van der Waals surface area contributed by atoms with Crippen molar-refractivity contribution in [2.45, 2.75) is 22.8 Å². The fourth-order valence-electron chi connectivity index (χ4n) is 2.93. The summed E-state index contributed by atoms with van der Waals surface area (Å²) >= 11 is 2.78. The maximum absolute atomic E-state index is 12.7. The van der Waals surface area contributed by atoms with E-state index in [1.807, 2.05) is 0 Å². The lowest BCUT2D eigenvalue weighted by Crippen LogP contribution is -2.18. The lowest BCUT2D eigenvalue weighted by atomic mass is 10.2. The topological polar surface area (TPSA) is 135 Å². The standard InChI is InChI=1S/C19H15N3O6S3/c1-10-2-5-17(13(6-10)22-25)31(26,27)28-11-3-4-12-16(7-11)29-8-14(20-12)18-21-15(9-30-18)19(23)24/h2-7,15H,8-9H2,1H3,(H,23,24). The SMILES string of the molecule is Cc1ccc(S(=O)(=O)Oc2ccc3c(c2)SCC(C2=NC(C(=O)O)CS2)=N3)c(N=O)c1. The number of hydrogen-bond donors (Lipinski definition) is 1. The van der Waals surface area contributed by atoms with Crippen LogP contribution in [0.4, 0.5) is 11.4 Å². The van der Waals surface area contributed by atoms with Gasteiger partial charge in [0, 0.05) is 16.4 Å². The number of rotatable bonds is 6. The van der Waals surface area contributed by atoms with E-state index in [0.717, 1.165) is 0 Å². The molecule has 4 rings (SSSR count). The Bertz CT molecular complexity index is 1260. The van der Waals surface area contributed by atoms with E-state index in [1.165, 1.54) is 41.7 Å². The highest BCUT2D eigenvalue weighted by molar-refractivity contribution is 8.16. The van der Waals surface area contributed by atoms with E-state index in [-0.39, 0.29) is 16.3 Å². The highest BCUT2D eigenvalue weighted by Crippen LogP contribution is 2.39. The highest BCUT2D eigenvalue weighted by atomic mass is 32.2. The van der Waals surface area contributed by atoms with E-state index in [2.05, 4.69) is 15.2 Å². The van der Waals surface area contributed by atoms with Gasteiger partial charge in [-0.25, -0.2) is 9.79 Å². The third kappa shape index (κ3) is 4.50. The molecule has 12 heteroatoms. The quantitative estimate of drug-likeness (QED) is 0.488. The molecule has 9 nitrogen and oxygen atoms in total. The second-order valence-corrected chi connectivity index (χ2v) is 10.2. The zero-order valence-corrected chi connectivity index (χ0v) is 18.5. The van der Waals surface area contributed by atoms with Gasteiger partial charge >= 0.3 is 16.1 Å². The van der Waals surface area contributed by atoms with E-state index in [9.17, 15) is 18.1 Å². The van der Waals surface area contributed by atoms with Crippen LogP contribution in [0.2, 0.25) is 0 Å². The van der Waals surface area contributed by atoms with Crippen LogP contribution in [0.5, 0.6) is 5.75 Å². The Morgan fingerprint density at radius 2 is 2.03 bits per heavy atom. The Morgan fingerprint density at radius 1 is 1.23 bits per heavy atom. The number of aryl methyl sites for hydroxylation is 1. The maximum Gasteiger partial charge on any atom is 0.341 e. The van der Waals surface area contributed by atoms with Crippen molar-refractivity contribution in [2.75, 3.05) is 11.5 Å². The van der Waals surface area contributed by atoms with Gasteiger partial charge in [0.25, 0.3) is 0 Å². The first kappa shape index (κ1) is 21.5. The van der Waals surface area contributed by atoms with Crippen LogP contribution in [-0.4, -0.2) is 47.8 Å². The number of benzene rings is 2. The van der Waals surface area contributed by atoms with Crippen LogP contribution in [-0.2, 0) is 14.9 Å². The fraction of sp³-hybridized carbons (Fsp3) is 0.211. The molecule has 0 fully saturated rings. The second kappa shape index (κ2) is 8.44. The smallest absolute Gasteiger partial charge is 0.341 e. The van der Waals surface area contributed by atoms with Crippen LogP contribution in [0.3, 0.4) is 0 Å². The van der Waals surface area contributed by atoms with E-state index in [4.69, 9.17) is 9.29 Å². The lowest BCUT2D eigenvalue weighted by Gasteiger charge is -2.16. The van der Waals surface area contributed by atoms with Crippen LogP contribution in [0.25, 0.3) is 0 Å². The number of thioether (sulfide) groups is 2. The Kier molecular flexibility index (Phi) is 5.86. The highest BCUT2D eigenvalue weighted by Gasteiger charge is 2.29. The molecular formula is C19H15N3O6S3. The third-order valence-corrected chi connectivity index (χ3v) is 7.87. The van der Waals surface area contributed by atoms with Gasteiger partial charge in [0.15, 0.2) is 6.04 Å². The number of nitrogens with zero attached hydrogens (tertiary/aromatic N) is 3. The predicted octanol–water partition coefficient (Wildman–Crippen LogP) is 3.94. The van der Waals surface area contributed by atoms with Crippen LogP contribution in [0, 0.1) is 11.8 Å². The van der Waals surface area contributed by atoms with Crippen molar-refractivity contribution in [3.05, 3.63) is 46.9 Å². The number of carboxylic acids is 1. The van der Waals surface area contributed by atoms with Crippen molar-refractivity contribution in [1.82, 2.24) is 0 Å². The number of aliphatic carboxylic acids is 1. The molecule has 0 amide bonds. The fourth-order valence-corrected chi connectivity index (χ4v) is 6.03. The molecule has 1 N–H and O–H groups in total. The van der Waals surface area contributed by atoms with Gasteiger partial charge in [-0.1, -0.05) is 6.07 Å². The molecule has 0 saturated carbocycles. The summed E-state index contributed by atoms with van der Waals surface area (Å²) in [4.78, 5) is 31.3. The molecule has 0 aromatic heterocycles. The molecule has 0 aliphatic carbocycles. The average Bonchev–Trinajstić information content (AvgIpc) is 3.23. The third-order valence-electron chi connectivity index (χ3n) is 4.42. The number of nitroso groups, excluding NO2 is 1. The van der Waals surface area contributed by atoms with Gasteiger partial charge in [-0.15, -0.1) is 28.4 Å². The normalized spacial score (nSPS) is 18.0. The van der Waals surface area contributed by atoms with Crippen molar-refractivity contribution in [2.24, 2.45) is 15.2 Å². The van der Waals surface area contributed by atoms with Gasteiger partial charge < -0.3 is 9.29 Å². The molecule has 2 aliphatic heterocycles. The predicted molar refractivity (Wildman–Crippen MR) is 120 cm³/mol. The number of carbonyl (C=O) groups is 1. The largest absolute Gasteiger partial charge is 0.480 e. The van der Waals surface area contributed by atoms with Crippen molar-refractivity contribution >= 4 is 61.7 Å². The monoisotopic (exact) mass is 477 g/mol. The Balaban J connectivity index is 1.58. The zero-order chi connectivity index (χ0) is 22.2. The van der Waals surface area contributed by atoms with Gasteiger partial charge in [0.1, 0.15) is 21.4 Å². The first-order valence-electron chi connectivity index (χ1n) is 8.93. The zero-order valence-electron chi connectivity index (χ0n) is 16.0. The maximum atomic E-state index is 12.7. The van der Waals surface area contributed by atoms with Crippen LogP contribution in [0.15, 0.2) is 61.4 Å². The first-order valence-corrected chi connectivity index (χ1v) is 12.3. The molecule has 2 aromatic rings. The summed E-state index contributed by atoms with van der Waals surface area (Å²) < 4.78 is 30.5. The van der Waals surface area contributed by atoms with Gasteiger partial charge in [-0.3, -0.25) is 4.99 Å². The summed E-state index contributed by atoms with van der Waals surface area (Å²) in [5, 5.41) is 12.5. The molecule has 1 unspecified atom stereocenters. The molecule has 0 spiro atoms. The minimum Gasteiger partial charge on any atom is -0.480 e. The Morgan fingerprint density at radius 3 is 2.74 bits per heavy atom. The van der Waals surface area contributed by atoms with Gasteiger partial charge in [-0.05, 0) is 48.0 Å². The minimum absolute atomic E-state index is 0.0841. The number of fused-ring (bicyclic) bond motifs is 1. The van der Waals surface area contributed by atoms with E-state index >= 15 is 0 Å². The number of carboxylic acid groups (broad SMARTS) is 1. The molecule has 2 aliphatic rings. The summed E-state index contributed by atoms with van der Waals surface area (Å²) in [5.41, 5.74) is 1.79.